The number of thioether (sulfide) groups is 1. The minimum absolute atomic E-state index is 0.316. The van der Waals surface area contributed by atoms with Crippen LogP contribution in [-0.2, 0) is 0 Å². The highest BCUT2D eigenvalue weighted by Crippen LogP contribution is 2.32. The maximum atomic E-state index is 9.00. The first-order valence-electron chi connectivity index (χ1n) is 5.40. The monoisotopic (exact) mass is 212 g/mol. The molecule has 1 fully saturated rings. The lowest BCUT2D eigenvalue weighted by Crippen LogP contribution is -2.23. The molecular weight excluding hydrogens is 192 g/mol. The molecule has 1 rings (SSSR count). The van der Waals surface area contributed by atoms with Crippen LogP contribution in [0.25, 0.3) is 0 Å². The summed E-state index contributed by atoms with van der Waals surface area (Å²) in [6.45, 7) is 1.12. The van der Waals surface area contributed by atoms with Crippen LogP contribution in [0.2, 0.25) is 0 Å². The molecule has 2 nitrogen and oxygen atoms in total. The fraction of sp³-hybridized carbons (Fsp3) is 0.909. The summed E-state index contributed by atoms with van der Waals surface area (Å²) in [6.07, 6.45) is 4.94. The molecule has 1 saturated carbocycles. The van der Waals surface area contributed by atoms with Crippen LogP contribution in [0.4, 0.5) is 0 Å². The summed E-state index contributed by atoms with van der Waals surface area (Å²) in [7, 11) is 4.20. The molecule has 0 N–H and O–H groups in total. The van der Waals surface area contributed by atoms with Crippen LogP contribution < -0.4 is 0 Å². The third kappa shape index (κ3) is 3.89. The van der Waals surface area contributed by atoms with Crippen LogP contribution in [0.1, 0.15) is 25.7 Å². The normalized spacial score (nSPS) is 27.6. The average Bonchev–Trinajstić information content (AvgIpc) is 2.18. The molecule has 0 heterocycles. The molecule has 14 heavy (non-hydrogen) atoms. The summed E-state index contributed by atoms with van der Waals surface area (Å²) in [5.74, 6) is 1.48. The van der Waals surface area contributed by atoms with Gasteiger partial charge < -0.3 is 4.90 Å². The van der Waals surface area contributed by atoms with Crippen molar-refractivity contribution in [3.05, 3.63) is 0 Å². The van der Waals surface area contributed by atoms with Gasteiger partial charge in [0.05, 0.1) is 12.0 Å². The Hall–Kier alpha value is -0.200. The summed E-state index contributed by atoms with van der Waals surface area (Å²) in [5, 5.41) is 9.60. The molecule has 0 radical (unpaired) electrons. The van der Waals surface area contributed by atoms with Gasteiger partial charge in [-0.15, -0.1) is 0 Å². The zero-order valence-electron chi connectivity index (χ0n) is 9.20. The van der Waals surface area contributed by atoms with E-state index in [2.05, 4.69) is 25.1 Å². The third-order valence-electron chi connectivity index (χ3n) is 2.74. The van der Waals surface area contributed by atoms with E-state index in [9.17, 15) is 0 Å². The van der Waals surface area contributed by atoms with Crippen LogP contribution in [0, 0.1) is 17.2 Å². The topological polar surface area (TPSA) is 27.0 Å². The Morgan fingerprint density at radius 1 is 1.36 bits per heavy atom. The van der Waals surface area contributed by atoms with E-state index in [0.717, 1.165) is 18.7 Å². The van der Waals surface area contributed by atoms with Gasteiger partial charge in [0.1, 0.15) is 0 Å². The minimum Gasteiger partial charge on any atom is -0.309 e. The van der Waals surface area contributed by atoms with Gasteiger partial charge in [0.2, 0.25) is 0 Å². The lowest BCUT2D eigenvalue weighted by Gasteiger charge is -2.26. The molecule has 3 heteroatoms. The molecule has 0 aliphatic heterocycles. The van der Waals surface area contributed by atoms with Crippen LogP contribution in [0.15, 0.2) is 0 Å². The zero-order valence-corrected chi connectivity index (χ0v) is 10.0. The number of nitriles is 1. The number of hydrogen-bond acceptors (Lipinski definition) is 3. The fourth-order valence-corrected chi connectivity index (χ4v) is 3.37. The maximum Gasteiger partial charge on any atom is 0.0667 e. The van der Waals surface area contributed by atoms with E-state index in [0.29, 0.717) is 11.2 Å². The number of rotatable bonds is 4. The van der Waals surface area contributed by atoms with Gasteiger partial charge in [-0.05, 0) is 26.9 Å². The van der Waals surface area contributed by atoms with E-state index in [1.54, 1.807) is 0 Å². The van der Waals surface area contributed by atoms with Crippen molar-refractivity contribution in [3.8, 4) is 6.07 Å². The molecule has 0 bridgehead atoms. The van der Waals surface area contributed by atoms with Gasteiger partial charge in [-0.2, -0.15) is 17.0 Å². The molecule has 80 valence electrons. The Balaban J connectivity index is 2.24. The summed E-state index contributed by atoms with van der Waals surface area (Å²) < 4.78 is 0. The van der Waals surface area contributed by atoms with Crippen molar-refractivity contribution in [1.29, 1.82) is 5.26 Å². The van der Waals surface area contributed by atoms with Crippen LogP contribution in [0.3, 0.4) is 0 Å². The molecule has 0 aromatic heterocycles. The van der Waals surface area contributed by atoms with E-state index >= 15 is 0 Å². The molecule has 0 aromatic rings. The Morgan fingerprint density at radius 3 is 2.71 bits per heavy atom. The lowest BCUT2D eigenvalue weighted by molar-refractivity contribution is 0.428. The van der Waals surface area contributed by atoms with E-state index in [1.165, 1.54) is 19.3 Å². The van der Waals surface area contributed by atoms with Gasteiger partial charge in [0, 0.05) is 17.5 Å². The molecule has 0 spiro atoms. The molecular formula is C11H20N2S. The maximum absolute atomic E-state index is 9.00. The molecule has 2 unspecified atom stereocenters. The Bertz CT molecular complexity index is 198. The Labute approximate surface area is 91.7 Å². The van der Waals surface area contributed by atoms with E-state index < -0.39 is 0 Å². The molecule has 1 aliphatic rings. The molecule has 1 aliphatic carbocycles. The highest BCUT2D eigenvalue weighted by molar-refractivity contribution is 7.99. The first kappa shape index (κ1) is 11.9. The van der Waals surface area contributed by atoms with Crippen molar-refractivity contribution >= 4 is 11.8 Å². The van der Waals surface area contributed by atoms with E-state index in [-0.39, 0.29) is 0 Å². The minimum atomic E-state index is 0.316. The van der Waals surface area contributed by atoms with Crippen molar-refractivity contribution in [3.63, 3.8) is 0 Å². The van der Waals surface area contributed by atoms with Crippen molar-refractivity contribution in [1.82, 2.24) is 4.90 Å². The van der Waals surface area contributed by atoms with Crippen molar-refractivity contribution < 1.29 is 0 Å². The van der Waals surface area contributed by atoms with Crippen molar-refractivity contribution in [2.24, 2.45) is 5.92 Å². The summed E-state index contributed by atoms with van der Waals surface area (Å²) >= 11 is 1.99. The first-order chi connectivity index (χ1) is 6.74. The van der Waals surface area contributed by atoms with Crippen LogP contribution in [0.5, 0.6) is 0 Å². The largest absolute Gasteiger partial charge is 0.309 e. The van der Waals surface area contributed by atoms with Gasteiger partial charge >= 0.3 is 0 Å². The van der Waals surface area contributed by atoms with Crippen molar-refractivity contribution in [2.45, 2.75) is 30.9 Å². The summed E-state index contributed by atoms with van der Waals surface area (Å²) in [6, 6.07) is 2.46. The van der Waals surface area contributed by atoms with Gasteiger partial charge in [0.25, 0.3) is 0 Å². The summed E-state index contributed by atoms with van der Waals surface area (Å²) in [5.41, 5.74) is 0. The quantitative estimate of drug-likeness (QED) is 0.716. The zero-order chi connectivity index (χ0) is 10.4. The predicted molar refractivity (Wildman–Crippen MR) is 62.4 cm³/mol. The Kier molecular flexibility index (Phi) is 5.36. The van der Waals surface area contributed by atoms with Gasteiger partial charge in [0.15, 0.2) is 0 Å². The van der Waals surface area contributed by atoms with Crippen molar-refractivity contribution in [2.75, 3.05) is 26.4 Å². The van der Waals surface area contributed by atoms with Gasteiger partial charge in [-0.1, -0.05) is 12.8 Å². The van der Waals surface area contributed by atoms with Gasteiger partial charge in [-0.3, -0.25) is 0 Å². The van der Waals surface area contributed by atoms with Crippen LogP contribution in [-0.4, -0.2) is 36.5 Å². The second kappa shape index (κ2) is 6.31. The second-order valence-electron chi connectivity index (χ2n) is 4.23. The first-order valence-corrected chi connectivity index (χ1v) is 6.45. The number of hydrogen-bond donors (Lipinski definition) is 0. The van der Waals surface area contributed by atoms with E-state index in [1.807, 2.05) is 11.8 Å². The highest BCUT2D eigenvalue weighted by Gasteiger charge is 2.24. The third-order valence-corrected chi connectivity index (χ3v) is 4.15. The van der Waals surface area contributed by atoms with Crippen LogP contribution >= 0.6 is 11.8 Å². The Morgan fingerprint density at radius 2 is 2.07 bits per heavy atom. The lowest BCUT2D eigenvalue weighted by atomic mass is 9.90. The predicted octanol–water partition coefficient (Wildman–Crippen LogP) is 2.36. The standard InChI is InChI=1S/C11H20N2S/c1-13(2)7-8-14-11-6-4-3-5-10(11)9-12/h10-11H,3-8H2,1-2H3. The van der Waals surface area contributed by atoms with E-state index in [4.69, 9.17) is 5.26 Å². The number of nitrogens with zero attached hydrogens (tertiary/aromatic N) is 2. The molecule has 2 atom stereocenters. The average molecular weight is 212 g/mol. The smallest absolute Gasteiger partial charge is 0.0667 e. The second-order valence-corrected chi connectivity index (χ2v) is 5.58. The fourth-order valence-electron chi connectivity index (χ4n) is 1.83. The molecule has 0 saturated heterocycles. The molecule has 0 aromatic carbocycles. The highest BCUT2D eigenvalue weighted by atomic mass is 32.2. The van der Waals surface area contributed by atoms with Gasteiger partial charge in [-0.25, -0.2) is 0 Å². The summed E-state index contributed by atoms with van der Waals surface area (Å²) in [4.78, 5) is 2.21. The molecule has 0 amide bonds. The SMILES string of the molecule is CN(C)CCSC1CCCCC1C#N.